The van der Waals surface area contributed by atoms with Gasteiger partial charge in [0.25, 0.3) is 0 Å². The zero-order valence-electron chi connectivity index (χ0n) is 6.88. The van der Waals surface area contributed by atoms with Gasteiger partial charge in [-0.3, -0.25) is 4.79 Å². The van der Waals surface area contributed by atoms with Crippen LogP contribution in [0.25, 0.3) is 0 Å². The Hall–Kier alpha value is -0.570. The fourth-order valence-electron chi connectivity index (χ4n) is 1.49. The molecule has 3 heteroatoms. The lowest BCUT2D eigenvalue weighted by Gasteiger charge is -2.27. The van der Waals surface area contributed by atoms with E-state index in [4.69, 9.17) is 10.5 Å². The number of carbonyl (C=O) groups excluding carboxylic acids is 1. The highest BCUT2D eigenvalue weighted by molar-refractivity contribution is 5.66. The molecule has 3 nitrogen and oxygen atoms in total. The van der Waals surface area contributed by atoms with Crippen molar-refractivity contribution in [1.82, 2.24) is 0 Å². The second kappa shape index (κ2) is 3.72. The van der Waals surface area contributed by atoms with E-state index in [0.717, 1.165) is 19.3 Å². The number of carbonyl (C=O) groups is 1. The van der Waals surface area contributed by atoms with Crippen LogP contribution < -0.4 is 5.73 Å². The SMILES string of the molecule is CC(=O)O[C@@H]1CCCC[C@@H]1N. The Balaban J connectivity index is 2.35. The van der Waals surface area contributed by atoms with E-state index in [0.29, 0.717) is 0 Å². The van der Waals surface area contributed by atoms with Crippen molar-refractivity contribution in [3.05, 3.63) is 0 Å². The number of hydrogen-bond acceptors (Lipinski definition) is 3. The average molecular weight is 157 g/mol. The zero-order chi connectivity index (χ0) is 8.27. The summed E-state index contributed by atoms with van der Waals surface area (Å²) in [5.74, 6) is -0.215. The van der Waals surface area contributed by atoms with Crippen molar-refractivity contribution in [2.75, 3.05) is 0 Å². The largest absolute Gasteiger partial charge is 0.461 e. The van der Waals surface area contributed by atoms with Crippen LogP contribution in [0.1, 0.15) is 32.6 Å². The normalized spacial score (nSPS) is 31.5. The van der Waals surface area contributed by atoms with E-state index in [1.165, 1.54) is 13.3 Å². The lowest BCUT2D eigenvalue weighted by atomic mass is 9.93. The van der Waals surface area contributed by atoms with Crippen LogP contribution in [0.5, 0.6) is 0 Å². The summed E-state index contributed by atoms with van der Waals surface area (Å²) < 4.78 is 5.04. The lowest BCUT2D eigenvalue weighted by molar-refractivity contribution is -0.148. The minimum atomic E-state index is -0.215. The van der Waals surface area contributed by atoms with Crippen molar-refractivity contribution in [3.63, 3.8) is 0 Å². The van der Waals surface area contributed by atoms with Crippen molar-refractivity contribution >= 4 is 5.97 Å². The summed E-state index contributed by atoms with van der Waals surface area (Å²) in [5.41, 5.74) is 5.75. The van der Waals surface area contributed by atoms with Gasteiger partial charge < -0.3 is 10.5 Å². The number of ether oxygens (including phenoxy) is 1. The molecule has 0 aromatic rings. The Bertz CT molecular complexity index is 147. The number of esters is 1. The third-order valence-corrected chi connectivity index (χ3v) is 2.07. The minimum Gasteiger partial charge on any atom is -0.461 e. The molecule has 64 valence electrons. The second-order valence-electron chi connectivity index (χ2n) is 3.10. The van der Waals surface area contributed by atoms with Crippen molar-refractivity contribution < 1.29 is 9.53 Å². The van der Waals surface area contributed by atoms with Crippen LogP contribution in [-0.4, -0.2) is 18.1 Å². The predicted octanol–water partition coefficient (Wildman–Crippen LogP) is 0.819. The number of nitrogens with two attached hydrogens (primary N) is 1. The van der Waals surface area contributed by atoms with Crippen molar-refractivity contribution in [3.8, 4) is 0 Å². The fraction of sp³-hybridized carbons (Fsp3) is 0.875. The first-order chi connectivity index (χ1) is 5.20. The molecule has 1 saturated carbocycles. The molecule has 0 bridgehead atoms. The molecule has 0 radical (unpaired) electrons. The van der Waals surface area contributed by atoms with E-state index in [1.807, 2.05) is 0 Å². The Morgan fingerprint density at radius 1 is 1.45 bits per heavy atom. The van der Waals surface area contributed by atoms with Crippen LogP contribution in [0.4, 0.5) is 0 Å². The van der Waals surface area contributed by atoms with Crippen LogP contribution in [0, 0.1) is 0 Å². The van der Waals surface area contributed by atoms with Gasteiger partial charge in [-0.05, 0) is 19.3 Å². The van der Waals surface area contributed by atoms with Crippen molar-refractivity contribution in [2.45, 2.75) is 44.8 Å². The predicted molar refractivity (Wildman–Crippen MR) is 42.0 cm³/mol. The summed E-state index contributed by atoms with van der Waals surface area (Å²) in [6.45, 7) is 1.43. The van der Waals surface area contributed by atoms with Gasteiger partial charge >= 0.3 is 5.97 Å². The average Bonchev–Trinajstić information content (AvgIpc) is 1.93. The standard InChI is InChI=1S/C8H15NO2/c1-6(10)11-8-5-3-2-4-7(8)9/h7-8H,2-5,9H2,1H3/t7-,8+/m0/s1. The zero-order valence-corrected chi connectivity index (χ0v) is 6.88. The topological polar surface area (TPSA) is 52.3 Å². The van der Waals surface area contributed by atoms with Gasteiger partial charge in [-0.15, -0.1) is 0 Å². The van der Waals surface area contributed by atoms with Crippen LogP contribution in [-0.2, 0) is 9.53 Å². The highest BCUT2D eigenvalue weighted by Gasteiger charge is 2.23. The second-order valence-corrected chi connectivity index (χ2v) is 3.10. The molecule has 0 aromatic carbocycles. The first kappa shape index (κ1) is 8.53. The van der Waals surface area contributed by atoms with Gasteiger partial charge in [-0.1, -0.05) is 6.42 Å². The smallest absolute Gasteiger partial charge is 0.302 e. The van der Waals surface area contributed by atoms with Crippen LogP contribution in [0.3, 0.4) is 0 Å². The molecule has 1 aliphatic rings. The molecule has 2 N–H and O–H groups in total. The summed E-state index contributed by atoms with van der Waals surface area (Å²) in [7, 11) is 0. The monoisotopic (exact) mass is 157 g/mol. The summed E-state index contributed by atoms with van der Waals surface area (Å²) in [6.07, 6.45) is 4.18. The number of rotatable bonds is 1. The van der Waals surface area contributed by atoms with Crippen LogP contribution in [0.15, 0.2) is 0 Å². The van der Waals surface area contributed by atoms with Gasteiger partial charge in [-0.2, -0.15) is 0 Å². The molecule has 0 unspecified atom stereocenters. The molecular formula is C8H15NO2. The molecule has 11 heavy (non-hydrogen) atoms. The maximum atomic E-state index is 10.6. The van der Waals surface area contributed by atoms with Crippen LogP contribution in [0.2, 0.25) is 0 Å². The molecule has 0 spiro atoms. The van der Waals surface area contributed by atoms with Crippen molar-refractivity contribution in [2.24, 2.45) is 5.73 Å². The maximum Gasteiger partial charge on any atom is 0.302 e. The van der Waals surface area contributed by atoms with E-state index in [-0.39, 0.29) is 18.1 Å². The third kappa shape index (κ3) is 2.50. The van der Waals surface area contributed by atoms with E-state index in [2.05, 4.69) is 0 Å². The van der Waals surface area contributed by atoms with E-state index >= 15 is 0 Å². The van der Waals surface area contributed by atoms with E-state index in [9.17, 15) is 4.79 Å². The fourth-order valence-corrected chi connectivity index (χ4v) is 1.49. The van der Waals surface area contributed by atoms with Gasteiger partial charge in [0.05, 0.1) is 0 Å². The summed E-state index contributed by atoms with van der Waals surface area (Å²) in [6, 6.07) is 0.0626. The summed E-state index contributed by atoms with van der Waals surface area (Å²) in [5, 5.41) is 0. The first-order valence-electron chi connectivity index (χ1n) is 4.13. The maximum absolute atomic E-state index is 10.6. The van der Waals surface area contributed by atoms with Gasteiger partial charge in [0, 0.05) is 13.0 Å². The van der Waals surface area contributed by atoms with Gasteiger partial charge in [-0.25, -0.2) is 0 Å². The molecule has 0 aromatic heterocycles. The molecule has 1 fully saturated rings. The molecular weight excluding hydrogens is 142 g/mol. The molecule has 2 atom stereocenters. The lowest BCUT2D eigenvalue weighted by Crippen LogP contribution is -2.40. The summed E-state index contributed by atoms with van der Waals surface area (Å²) >= 11 is 0. The molecule has 0 heterocycles. The van der Waals surface area contributed by atoms with Crippen molar-refractivity contribution in [1.29, 1.82) is 0 Å². The third-order valence-electron chi connectivity index (χ3n) is 2.07. The molecule has 1 rings (SSSR count). The highest BCUT2D eigenvalue weighted by Crippen LogP contribution is 2.19. The Morgan fingerprint density at radius 3 is 2.64 bits per heavy atom. The molecule has 0 aliphatic heterocycles. The minimum absolute atomic E-state index is 0.0266. The summed E-state index contributed by atoms with van der Waals surface area (Å²) in [4.78, 5) is 10.6. The Kier molecular flexibility index (Phi) is 2.88. The van der Waals surface area contributed by atoms with E-state index < -0.39 is 0 Å². The Morgan fingerprint density at radius 2 is 2.09 bits per heavy atom. The highest BCUT2D eigenvalue weighted by atomic mass is 16.5. The first-order valence-corrected chi connectivity index (χ1v) is 4.13. The molecule has 1 aliphatic carbocycles. The van der Waals surface area contributed by atoms with Gasteiger partial charge in [0.2, 0.25) is 0 Å². The quantitative estimate of drug-likeness (QED) is 0.573. The van der Waals surface area contributed by atoms with Gasteiger partial charge in [0.1, 0.15) is 6.10 Å². The molecule has 0 amide bonds. The number of hydrogen-bond donors (Lipinski definition) is 1. The van der Waals surface area contributed by atoms with Crippen LogP contribution >= 0.6 is 0 Å². The van der Waals surface area contributed by atoms with Gasteiger partial charge in [0.15, 0.2) is 0 Å². The van der Waals surface area contributed by atoms with E-state index in [1.54, 1.807) is 0 Å². The molecule has 0 saturated heterocycles. The Labute approximate surface area is 66.9 Å².